The van der Waals surface area contributed by atoms with Gasteiger partial charge in [-0.2, -0.15) is 0 Å². The maximum absolute atomic E-state index is 11.3. The fourth-order valence-corrected chi connectivity index (χ4v) is 1.63. The molecule has 0 saturated carbocycles. The average molecular weight is 184 g/mol. The summed E-state index contributed by atoms with van der Waals surface area (Å²) in [6.07, 6.45) is 6.65. The first-order valence-corrected chi connectivity index (χ1v) is 5.47. The Morgan fingerprint density at radius 2 is 2.00 bits per heavy atom. The Kier molecular flexibility index (Phi) is 4.43. The van der Waals surface area contributed by atoms with Crippen molar-refractivity contribution in [3.05, 3.63) is 0 Å². The number of rotatable bonds is 7. The van der Waals surface area contributed by atoms with Crippen LogP contribution in [0, 0.1) is 0 Å². The number of ketones is 1. The maximum atomic E-state index is 11.3. The van der Waals surface area contributed by atoms with Gasteiger partial charge in [-0.3, -0.25) is 4.79 Å². The third kappa shape index (κ3) is 3.47. The van der Waals surface area contributed by atoms with Gasteiger partial charge in [-0.05, 0) is 12.8 Å². The van der Waals surface area contributed by atoms with E-state index in [-0.39, 0.29) is 12.2 Å². The largest absolute Gasteiger partial charge is 0.361 e. The zero-order valence-electron chi connectivity index (χ0n) is 8.71. The summed E-state index contributed by atoms with van der Waals surface area (Å²) in [6, 6.07) is 0. The van der Waals surface area contributed by atoms with Crippen LogP contribution in [0.4, 0.5) is 0 Å². The highest BCUT2D eigenvalue weighted by Gasteiger charge is 2.42. The summed E-state index contributed by atoms with van der Waals surface area (Å²) in [5, 5.41) is 0. The lowest BCUT2D eigenvalue weighted by Crippen LogP contribution is -2.08. The monoisotopic (exact) mass is 184 g/mol. The maximum Gasteiger partial charge on any atom is 0.164 e. The number of unbranched alkanes of at least 4 members (excludes halogenated alkanes) is 2. The number of epoxide rings is 1. The number of hydrogen-bond acceptors (Lipinski definition) is 2. The van der Waals surface area contributed by atoms with Gasteiger partial charge in [-0.25, -0.2) is 0 Å². The molecule has 0 aromatic heterocycles. The fourth-order valence-electron chi connectivity index (χ4n) is 1.63. The molecule has 0 N–H and O–H groups in total. The van der Waals surface area contributed by atoms with Crippen LogP contribution >= 0.6 is 0 Å². The van der Waals surface area contributed by atoms with Crippen molar-refractivity contribution >= 4 is 5.78 Å². The van der Waals surface area contributed by atoms with E-state index < -0.39 is 0 Å². The second kappa shape index (κ2) is 5.38. The fraction of sp³-hybridized carbons (Fsp3) is 0.909. The Morgan fingerprint density at radius 3 is 2.62 bits per heavy atom. The molecule has 0 aromatic rings. The minimum absolute atomic E-state index is 0.0307. The van der Waals surface area contributed by atoms with Crippen molar-refractivity contribution in [3.8, 4) is 0 Å². The predicted octanol–water partition coefficient (Wildman–Crippen LogP) is 2.70. The van der Waals surface area contributed by atoms with Crippen molar-refractivity contribution in [2.75, 3.05) is 0 Å². The molecule has 1 saturated heterocycles. The third-order valence-electron chi connectivity index (χ3n) is 2.49. The Morgan fingerprint density at radius 1 is 1.23 bits per heavy atom. The molecule has 2 heteroatoms. The van der Waals surface area contributed by atoms with Gasteiger partial charge in [0.2, 0.25) is 0 Å². The zero-order valence-corrected chi connectivity index (χ0v) is 8.71. The molecule has 1 aliphatic heterocycles. The molecule has 0 radical (unpaired) electrons. The molecule has 0 unspecified atom stereocenters. The van der Waals surface area contributed by atoms with Crippen molar-refractivity contribution in [2.45, 2.75) is 64.6 Å². The second-order valence-electron chi connectivity index (χ2n) is 3.81. The van der Waals surface area contributed by atoms with E-state index >= 15 is 0 Å². The Bertz CT molecular complexity index is 165. The summed E-state index contributed by atoms with van der Waals surface area (Å²) in [5.41, 5.74) is 0. The van der Waals surface area contributed by atoms with Crippen LogP contribution in [-0.2, 0) is 9.53 Å². The lowest BCUT2D eigenvalue weighted by atomic mass is 10.1. The minimum atomic E-state index is -0.0307. The number of hydrogen-bond donors (Lipinski definition) is 0. The quantitative estimate of drug-likeness (QED) is 0.449. The smallest absolute Gasteiger partial charge is 0.164 e. The van der Waals surface area contributed by atoms with E-state index in [2.05, 4.69) is 6.92 Å². The first kappa shape index (κ1) is 10.7. The van der Waals surface area contributed by atoms with E-state index in [4.69, 9.17) is 4.74 Å². The van der Waals surface area contributed by atoms with Gasteiger partial charge in [0.15, 0.2) is 5.78 Å². The van der Waals surface area contributed by atoms with Gasteiger partial charge in [0.1, 0.15) is 6.10 Å². The van der Waals surface area contributed by atoms with Crippen LogP contribution in [0.25, 0.3) is 0 Å². The van der Waals surface area contributed by atoms with Crippen LogP contribution in [0.5, 0.6) is 0 Å². The van der Waals surface area contributed by atoms with Gasteiger partial charge >= 0.3 is 0 Å². The first-order valence-electron chi connectivity index (χ1n) is 5.47. The molecule has 13 heavy (non-hydrogen) atoms. The summed E-state index contributed by atoms with van der Waals surface area (Å²) in [6.45, 7) is 4.22. The van der Waals surface area contributed by atoms with E-state index in [1.807, 2.05) is 6.92 Å². The average Bonchev–Trinajstić information content (AvgIpc) is 2.85. The number of Topliss-reactive ketones (excluding diaryl/α,β-unsaturated/α-hetero) is 1. The molecular formula is C11H20O2. The molecule has 0 spiro atoms. The Labute approximate surface area is 80.7 Å². The Hall–Kier alpha value is -0.370. The predicted molar refractivity (Wildman–Crippen MR) is 52.7 cm³/mol. The van der Waals surface area contributed by atoms with E-state index in [0.717, 1.165) is 12.8 Å². The number of ether oxygens (including phenoxy) is 1. The summed E-state index contributed by atoms with van der Waals surface area (Å²) in [4.78, 5) is 11.3. The first-order chi connectivity index (χ1) is 6.29. The second-order valence-corrected chi connectivity index (χ2v) is 3.81. The summed E-state index contributed by atoms with van der Waals surface area (Å²) >= 11 is 0. The van der Waals surface area contributed by atoms with Gasteiger partial charge in [-0.1, -0.05) is 33.1 Å². The van der Waals surface area contributed by atoms with Crippen LogP contribution < -0.4 is 0 Å². The van der Waals surface area contributed by atoms with Gasteiger partial charge in [0, 0.05) is 6.42 Å². The van der Waals surface area contributed by atoms with E-state index in [1.54, 1.807) is 0 Å². The molecule has 1 fully saturated rings. The van der Waals surface area contributed by atoms with Crippen molar-refractivity contribution in [3.63, 3.8) is 0 Å². The molecule has 0 bridgehead atoms. The summed E-state index contributed by atoms with van der Waals surface area (Å²) in [7, 11) is 0. The molecular weight excluding hydrogens is 164 g/mol. The standard InChI is InChI=1S/C11H20O2/c1-3-5-6-8-10-11(13-10)9(12)7-4-2/h10-11H,3-8H2,1-2H3/t10-,11+/m1/s1. The zero-order chi connectivity index (χ0) is 9.68. The van der Waals surface area contributed by atoms with Crippen LogP contribution in [0.1, 0.15) is 52.4 Å². The number of carbonyl (C=O) groups is 1. The van der Waals surface area contributed by atoms with Crippen LogP contribution in [0.15, 0.2) is 0 Å². The van der Waals surface area contributed by atoms with Gasteiger partial charge in [-0.15, -0.1) is 0 Å². The van der Waals surface area contributed by atoms with Crippen molar-refractivity contribution in [2.24, 2.45) is 0 Å². The van der Waals surface area contributed by atoms with E-state index in [0.29, 0.717) is 12.2 Å². The SMILES string of the molecule is CCCCC[C@H]1O[C@H]1C(=O)CCC. The van der Waals surface area contributed by atoms with Gasteiger partial charge < -0.3 is 4.74 Å². The normalized spacial score (nSPS) is 26.0. The molecule has 0 amide bonds. The van der Waals surface area contributed by atoms with E-state index in [9.17, 15) is 4.79 Å². The topological polar surface area (TPSA) is 29.6 Å². The highest BCUT2D eigenvalue weighted by molar-refractivity contribution is 5.85. The van der Waals surface area contributed by atoms with Crippen molar-refractivity contribution in [1.82, 2.24) is 0 Å². The molecule has 0 aromatic carbocycles. The molecule has 2 atom stereocenters. The minimum Gasteiger partial charge on any atom is -0.361 e. The van der Waals surface area contributed by atoms with Crippen LogP contribution in [0.2, 0.25) is 0 Å². The van der Waals surface area contributed by atoms with Crippen molar-refractivity contribution < 1.29 is 9.53 Å². The number of carbonyl (C=O) groups excluding carboxylic acids is 1. The lowest BCUT2D eigenvalue weighted by molar-refractivity contribution is -0.120. The van der Waals surface area contributed by atoms with Crippen LogP contribution in [-0.4, -0.2) is 18.0 Å². The molecule has 1 aliphatic rings. The molecule has 2 nitrogen and oxygen atoms in total. The molecule has 1 rings (SSSR count). The summed E-state index contributed by atoms with van der Waals surface area (Å²) in [5.74, 6) is 0.309. The lowest BCUT2D eigenvalue weighted by Gasteiger charge is -1.94. The summed E-state index contributed by atoms with van der Waals surface area (Å²) < 4.78 is 5.33. The molecule has 76 valence electrons. The van der Waals surface area contributed by atoms with Crippen molar-refractivity contribution in [1.29, 1.82) is 0 Å². The van der Waals surface area contributed by atoms with E-state index in [1.165, 1.54) is 19.3 Å². The highest BCUT2D eigenvalue weighted by Crippen LogP contribution is 2.29. The molecule has 1 heterocycles. The van der Waals surface area contributed by atoms with Gasteiger partial charge in [0.25, 0.3) is 0 Å². The van der Waals surface area contributed by atoms with Gasteiger partial charge in [0.05, 0.1) is 6.10 Å². The molecule has 0 aliphatic carbocycles. The highest BCUT2D eigenvalue weighted by atomic mass is 16.6. The van der Waals surface area contributed by atoms with Crippen LogP contribution in [0.3, 0.4) is 0 Å². The Balaban J connectivity index is 2.04. The third-order valence-corrected chi connectivity index (χ3v) is 2.49.